The maximum absolute atomic E-state index is 8.89. The monoisotopic (exact) mass is 275 g/mol. The molecule has 1 heterocycles. The van der Waals surface area contributed by atoms with E-state index in [-0.39, 0.29) is 0 Å². The van der Waals surface area contributed by atoms with Crippen molar-refractivity contribution < 1.29 is 0 Å². The number of pyridine rings is 1. The normalized spacial score (nSPS) is 9.83. The minimum atomic E-state index is 0.304. The number of aromatic nitrogens is 1. The number of nitriles is 1. The molecular weight excluding hydrogens is 266 g/mol. The summed E-state index contributed by atoms with van der Waals surface area (Å²) in [4.78, 5) is 5.26. The van der Waals surface area contributed by atoms with Gasteiger partial charge < -0.3 is 5.32 Å². The van der Waals surface area contributed by atoms with Crippen LogP contribution >= 0.6 is 23.4 Å². The fourth-order valence-electron chi connectivity index (χ4n) is 1.51. The molecule has 0 spiro atoms. The zero-order valence-electron chi connectivity index (χ0n) is 9.64. The highest BCUT2D eigenvalue weighted by Crippen LogP contribution is 2.27. The Morgan fingerprint density at radius 1 is 1.33 bits per heavy atom. The highest BCUT2D eigenvalue weighted by atomic mass is 35.5. The molecule has 0 aliphatic rings. The van der Waals surface area contributed by atoms with Crippen molar-refractivity contribution in [3.63, 3.8) is 0 Å². The third kappa shape index (κ3) is 2.95. The second-order valence-corrected chi connectivity index (χ2v) is 4.74. The van der Waals surface area contributed by atoms with Crippen LogP contribution in [-0.4, -0.2) is 11.2 Å². The SMILES string of the molecule is CSc1ccccc1Nc1cc(C#N)cc(Cl)n1. The second-order valence-electron chi connectivity index (χ2n) is 3.50. The average molecular weight is 276 g/mol. The Labute approximate surface area is 115 Å². The number of nitrogens with zero attached hydrogens (tertiary/aromatic N) is 2. The fraction of sp³-hybridized carbons (Fsp3) is 0.0769. The number of rotatable bonds is 3. The van der Waals surface area contributed by atoms with Gasteiger partial charge in [-0.3, -0.25) is 0 Å². The van der Waals surface area contributed by atoms with E-state index in [9.17, 15) is 0 Å². The van der Waals surface area contributed by atoms with Crippen molar-refractivity contribution in [2.75, 3.05) is 11.6 Å². The molecule has 5 heteroatoms. The van der Waals surface area contributed by atoms with Crippen molar-refractivity contribution in [1.82, 2.24) is 4.98 Å². The van der Waals surface area contributed by atoms with Gasteiger partial charge in [0.15, 0.2) is 0 Å². The molecule has 0 bridgehead atoms. The summed E-state index contributed by atoms with van der Waals surface area (Å²) in [5.74, 6) is 0.570. The first kappa shape index (κ1) is 12.7. The van der Waals surface area contributed by atoms with Crippen molar-refractivity contribution in [2.45, 2.75) is 4.90 Å². The predicted molar refractivity (Wildman–Crippen MR) is 75.5 cm³/mol. The van der Waals surface area contributed by atoms with E-state index in [1.165, 1.54) is 6.07 Å². The van der Waals surface area contributed by atoms with E-state index >= 15 is 0 Å². The lowest BCUT2D eigenvalue weighted by atomic mass is 10.2. The Morgan fingerprint density at radius 3 is 2.83 bits per heavy atom. The second kappa shape index (κ2) is 5.76. The van der Waals surface area contributed by atoms with Crippen LogP contribution in [0.25, 0.3) is 0 Å². The molecule has 1 N–H and O–H groups in total. The minimum absolute atomic E-state index is 0.304. The zero-order chi connectivity index (χ0) is 13.0. The molecule has 0 fully saturated rings. The number of nitrogens with one attached hydrogen (secondary N) is 1. The van der Waals surface area contributed by atoms with Crippen LogP contribution in [0.5, 0.6) is 0 Å². The number of para-hydroxylation sites is 1. The van der Waals surface area contributed by atoms with Crippen LogP contribution in [0.1, 0.15) is 5.56 Å². The van der Waals surface area contributed by atoms with E-state index in [1.54, 1.807) is 17.8 Å². The summed E-state index contributed by atoms with van der Waals surface area (Å²) in [5, 5.41) is 12.4. The molecule has 1 aromatic heterocycles. The molecule has 0 saturated heterocycles. The van der Waals surface area contributed by atoms with E-state index in [2.05, 4.69) is 16.4 Å². The number of benzene rings is 1. The Kier molecular flexibility index (Phi) is 4.08. The van der Waals surface area contributed by atoms with Crippen molar-refractivity contribution in [2.24, 2.45) is 0 Å². The largest absolute Gasteiger partial charge is 0.339 e. The van der Waals surface area contributed by atoms with Gasteiger partial charge in [0.05, 0.1) is 17.3 Å². The van der Waals surface area contributed by atoms with Crippen LogP contribution in [-0.2, 0) is 0 Å². The zero-order valence-corrected chi connectivity index (χ0v) is 11.2. The average Bonchev–Trinajstić information content (AvgIpc) is 2.38. The Bertz CT molecular complexity index is 607. The highest BCUT2D eigenvalue weighted by Gasteiger charge is 2.04. The van der Waals surface area contributed by atoms with E-state index in [1.807, 2.05) is 30.5 Å². The number of halogens is 1. The maximum Gasteiger partial charge on any atom is 0.133 e. The first-order valence-corrected chi connectivity index (χ1v) is 6.81. The number of thioether (sulfide) groups is 1. The number of hydrogen-bond acceptors (Lipinski definition) is 4. The molecule has 18 heavy (non-hydrogen) atoms. The van der Waals surface area contributed by atoms with E-state index in [0.717, 1.165) is 10.6 Å². The van der Waals surface area contributed by atoms with Gasteiger partial charge in [-0.25, -0.2) is 4.98 Å². The van der Waals surface area contributed by atoms with Gasteiger partial charge in [0, 0.05) is 4.90 Å². The van der Waals surface area contributed by atoms with E-state index < -0.39 is 0 Å². The van der Waals surface area contributed by atoms with Crippen molar-refractivity contribution in [3.8, 4) is 6.07 Å². The summed E-state index contributed by atoms with van der Waals surface area (Å²) < 4.78 is 0. The van der Waals surface area contributed by atoms with Crippen LogP contribution < -0.4 is 5.32 Å². The summed E-state index contributed by atoms with van der Waals surface area (Å²) in [5.41, 5.74) is 1.43. The third-order valence-electron chi connectivity index (χ3n) is 2.29. The van der Waals surface area contributed by atoms with Crippen LogP contribution in [0.3, 0.4) is 0 Å². The van der Waals surface area contributed by atoms with Gasteiger partial charge in [0.2, 0.25) is 0 Å². The molecule has 0 aliphatic heterocycles. The molecule has 0 saturated carbocycles. The molecule has 2 rings (SSSR count). The van der Waals surface area contributed by atoms with Crippen molar-refractivity contribution >= 4 is 34.9 Å². The summed E-state index contributed by atoms with van der Waals surface area (Å²) >= 11 is 7.50. The Morgan fingerprint density at radius 2 is 2.11 bits per heavy atom. The van der Waals surface area contributed by atoms with Gasteiger partial charge in [-0.1, -0.05) is 23.7 Å². The lowest BCUT2D eigenvalue weighted by molar-refractivity contribution is 1.28. The smallest absolute Gasteiger partial charge is 0.133 e. The van der Waals surface area contributed by atoms with E-state index in [4.69, 9.17) is 16.9 Å². The van der Waals surface area contributed by atoms with Crippen LogP contribution in [0.4, 0.5) is 11.5 Å². The molecule has 0 unspecified atom stereocenters. The van der Waals surface area contributed by atoms with Crippen molar-refractivity contribution in [3.05, 3.63) is 47.1 Å². The Hall–Kier alpha value is -1.70. The standard InChI is InChI=1S/C13H10ClN3S/c1-18-11-5-3-2-4-10(11)16-13-7-9(8-15)6-12(14)17-13/h2-7H,1H3,(H,16,17). The number of anilines is 2. The number of hydrogen-bond donors (Lipinski definition) is 1. The molecule has 0 aliphatic carbocycles. The Balaban J connectivity index is 2.34. The van der Waals surface area contributed by atoms with Gasteiger partial charge in [0.25, 0.3) is 0 Å². The van der Waals surface area contributed by atoms with Gasteiger partial charge >= 0.3 is 0 Å². The van der Waals surface area contributed by atoms with Gasteiger partial charge in [0.1, 0.15) is 11.0 Å². The molecule has 2 aromatic rings. The molecule has 0 atom stereocenters. The maximum atomic E-state index is 8.89. The molecule has 0 amide bonds. The molecular formula is C13H10ClN3S. The van der Waals surface area contributed by atoms with Gasteiger partial charge in [-0.05, 0) is 30.5 Å². The third-order valence-corrected chi connectivity index (χ3v) is 3.28. The lowest BCUT2D eigenvalue weighted by Crippen LogP contribution is -1.96. The van der Waals surface area contributed by atoms with Gasteiger partial charge in [-0.2, -0.15) is 5.26 Å². The molecule has 3 nitrogen and oxygen atoms in total. The van der Waals surface area contributed by atoms with Crippen molar-refractivity contribution in [1.29, 1.82) is 5.26 Å². The molecule has 1 aromatic carbocycles. The quantitative estimate of drug-likeness (QED) is 0.677. The fourth-order valence-corrected chi connectivity index (χ4v) is 2.27. The van der Waals surface area contributed by atoms with E-state index in [0.29, 0.717) is 16.5 Å². The predicted octanol–water partition coefficient (Wildman–Crippen LogP) is 4.07. The van der Waals surface area contributed by atoms with Crippen LogP contribution in [0.2, 0.25) is 5.15 Å². The first-order valence-electron chi connectivity index (χ1n) is 5.20. The summed E-state index contributed by atoms with van der Waals surface area (Å²) in [6, 6.07) is 13.2. The molecule has 90 valence electrons. The lowest BCUT2D eigenvalue weighted by Gasteiger charge is -2.09. The van der Waals surface area contributed by atoms with Gasteiger partial charge in [-0.15, -0.1) is 11.8 Å². The van der Waals surface area contributed by atoms with Crippen LogP contribution in [0, 0.1) is 11.3 Å². The summed E-state index contributed by atoms with van der Waals surface area (Å²) in [6.45, 7) is 0. The topological polar surface area (TPSA) is 48.7 Å². The summed E-state index contributed by atoms with van der Waals surface area (Å²) in [6.07, 6.45) is 2.01. The molecule has 0 radical (unpaired) electrons. The summed E-state index contributed by atoms with van der Waals surface area (Å²) in [7, 11) is 0. The minimum Gasteiger partial charge on any atom is -0.339 e. The highest BCUT2D eigenvalue weighted by molar-refractivity contribution is 7.98. The van der Waals surface area contributed by atoms with Crippen LogP contribution in [0.15, 0.2) is 41.3 Å². The first-order chi connectivity index (χ1) is 8.72.